The molecule has 1 N–H and O–H groups in total. The van der Waals surface area contributed by atoms with Crippen molar-refractivity contribution in [3.63, 3.8) is 0 Å². The summed E-state index contributed by atoms with van der Waals surface area (Å²) in [4.78, 5) is 22.9. The number of carbonyl (C=O) groups is 1. The first-order valence-electron chi connectivity index (χ1n) is 6.73. The van der Waals surface area contributed by atoms with E-state index < -0.39 is 28.4 Å². The maximum Gasteiger partial charge on any atom is 0.416 e. The number of nitrogens with one attached hydrogen (secondary N) is 1. The first-order chi connectivity index (χ1) is 10.7. The van der Waals surface area contributed by atoms with Gasteiger partial charge >= 0.3 is 12.3 Å². The van der Waals surface area contributed by atoms with Crippen LogP contribution in [0, 0.1) is 10.1 Å². The molecule has 1 saturated heterocycles. The van der Waals surface area contributed by atoms with Gasteiger partial charge in [-0.25, -0.2) is 4.79 Å². The van der Waals surface area contributed by atoms with E-state index in [4.69, 9.17) is 4.74 Å². The lowest BCUT2D eigenvalue weighted by Gasteiger charge is -2.14. The molecule has 0 bridgehead atoms. The zero-order valence-electron chi connectivity index (χ0n) is 12.1. The summed E-state index contributed by atoms with van der Waals surface area (Å²) in [7, 11) is 0. The van der Waals surface area contributed by atoms with Crippen molar-refractivity contribution in [2.75, 3.05) is 25.0 Å². The molecule has 1 aromatic rings. The number of ether oxygens (including phenoxy) is 1. The Bertz CT molecular complexity index is 621. The highest BCUT2D eigenvalue weighted by molar-refractivity contribution is 5.70. The van der Waals surface area contributed by atoms with Crippen LogP contribution in [0.25, 0.3) is 0 Å². The van der Waals surface area contributed by atoms with Gasteiger partial charge < -0.3 is 15.0 Å². The number of alkyl halides is 3. The van der Waals surface area contributed by atoms with Gasteiger partial charge in [-0.15, -0.1) is 0 Å². The predicted molar refractivity (Wildman–Crippen MR) is 74.1 cm³/mol. The first kappa shape index (κ1) is 16.8. The summed E-state index contributed by atoms with van der Waals surface area (Å²) in [5, 5.41) is 13.6. The Balaban J connectivity index is 2.05. The average molecular weight is 333 g/mol. The fourth-order valence-corrected chi connectivity index (χ4v) is 2.19. The molecule has 10 heteroatoms. The molecule has 1 amide bonds. The Morgan fingerprint density at radius 3 is 2.70 bits per heavy atom. The van der Waals surface area contributed by atoms with Crippen LogP contribution in [-0.4, -0.2) is 41.7 Å². The van der Waals surface area contributed by atoms with Crippen LogP contribution in [0.15, 0.2) is 18.2 Å². The number of nitro benzene ring substituents is 1. The van der Waals surface area contributed by atoms with Gasteiger partial charge in [-0.3, -0.25) is 10.1 Å². The molecule has 0 spiro atoms. The van der Waals surface area contributed by atoms with Crippen molar-refractivity contribution in [3.05, 3.63) is 33.9 Å². The third-order valence-corrected chi connectivity index (χ3v) is 3.26. The third kappa shape index (κ3) is 4.02. The van der Waals surface area contributed by atoms with Crippen LogP contribution in [0.4, 0.5) is 29.3 Å². The zero-order valence-corrected chi connectivity index (χ0v) is 12.1. The summed E-state index contributed by atoms with van der Waals surface area (Å²) in [6, 6.07) is 2.25. The van der Waals surface area contributed by atoms with Gasteiger partial charge in [0, 0.05) is 19.2 Å². The van der Waals surface area contributed by atoms with Gasteiger partial charge in [0.05, 0.1) is 17.0 Å². The zero-order chi connectivity index (χ0) is 17.2. The maximum absolute atomic E-state index is 12.6. The number of nitrogens with zero attached hydrogens (tertiary/aromatic N) is 2. The minimum absolute atomic E-state index is 0.0383. The topological polar surface area (TPSA) is 84.7 Å². The SMILES string of the molecule is CC1CN(CCNc2ccc(C(F)(F)F)cc2[N+](=O)[O-])C(=O)O1. The molecule has 1 unspecified atom stereocenters. The van der Waals surface area contributed by atoms with Crippen molar-refractivity contribution in [1.82, 2.24) is 4.90 Å². The van der Waals surface area contributed by atoms with Crippen molar-refractivity contribution < 1.29 is 27.6 Å². The van der Waals surface area contributed by atoms with Crippen LogP contribution in [0.5, 0.6) is 0 Å². The minimum atomic E-state index is -4.65. The summed E-state index contributed by atoms with van der Waals surface area (Å²) in [6.45, 7) is 2.50. The number of nitro groups is 1. The largest absolute Gasteiger partial charge is 0.445 e. The number of carbonyl (C=O) groups excluding carboxylic acids is 1. The fourth-order valence-electron chi connectivity index (χ4n) is 2.19. The molecule has 0 saturated carbocycles. The van der Waals surface area contributed by atoms with Gasteiger partial charge in [-0.05, 0) is 19.1 Å². The molecule has 126 valence electrons. The summed E-state index contributed by atoms with van der Waals surface area (Å²) in [5.74, 6) is 0. The first-order valence-corrected chi connectivity index (χ1v) is 6.73. The Labute approximate surface area is 129 Å². The molecule has 0 aromatic heterocycles. The van der Waals surface area contributed by atoms with Crippen LogP contribution < -0.4 is 5.32 Å². The second kappa shape index (κ2) is 6.31. The van der Waals surface area contributed by atoms with Gasteiger partial charge in [0.25, 0.3) is 5.69 Å². The minimum Gasteiger partial charge on any atom is -0.445 e. The van der Waals surface area contributed by atoms with Crippen molar-refractivity contribution in [1.29, 1.82) is 0 Å². The van der Waals surface area contributed by atoms with E-state index in [1.807, 2.05) is 0 Å². The fraction of sp³-hybridized carbons (Fsp3) is 0.462. The summed E-state index contributed by atoms with van der Waals surface area (Å²) in [5.41, 5.74) is -1.80. The smallest absolute Gasteiger partial charge is 0.416 e. The molecule has 1 aliphatic rings. The van der Waals surface area contributed by atoms with Crippen LogP contribution >= 0.6 is 0 Å². The molecule has 1 atom stereocenters. The number of benzene rings is 1. The van der Waals surface area contributed by atoms with E-state index in [0.29, 0.717) is 12.6 Å². The average Bonchev–Trinajstić information content (AvgIpc) is 2.76. The summed E-state index contributed by atoms with van der Waals surface area (Å²) < 4.78 is 42.7. The molecular weight excluding hydrogens is 319 g/mol. The molecule has 1 fully saturated rings. The maximum atomic E-state index is 12.6. The van der Waals surface area contributed by atoms with E-state index in [-0.39, 0.29) is 24.9 Å². The summed E-state index contributed by atoms with van der Waals surface area (Å²) in [6.07, 6.45) is -5.37. The molecular formula is C13H14F3N3O4. The molecule has 1 aromatic carbocycles. The van der Waals surface area contributed by atoms with E-state index in [1.54, 1.807) is 6.92 Å². The summed E-state index contributed by atoms with van der Waals surface area (Å²) >= 11 is 0. The molecule has 1 heterocycles. The number of amides is 1. The van der Waals surface area contributed by atoms with Gasteiger partial charge in [0.1, 0.15) is 11.8 Å². The predicted octanol–water partition coefficient (Wildman–Crippen LogP) is 2.87. The van der Waals surface area contributed by atoms with Crippen molar-refractivity contribution >= 4 is 17.5 Å². The lowest BCUT2D eigenvalue weighted by atomic mass is 10.1. The Morgan fingerprint density at radius 2 is 2.17 bits per heavy atom. The lowest BCUT2D eigenvalue weighted by molar-refractivity contribution is -0.384. The molecule has 7 nitrogen and oxygen atoms in total. The van der Waals surface area contributed by atoms with Crippen LogP contribution in [0.2, 0.25) is 0 Å². The van der Waals surface area contributed by atoms with E-state index >= 15 is 0 Å². The van der Waals surface area contributed by atoms with E-state index in [2.05, 4.69) is 5.32 Å². The number of cyclic esters (lactones) is 1. The van der Waals surface area contributed by atoms with E-state index in [9.17, 15) is 28.1 Å². The normalized spacial score (nSPS) is 18.0. The number of rotatable bonds is 5. The molecule has 0 aliphatic carbocycles. The highest BCUT2D eigenvalue weighted by Crippen LogP contribution is 2.34. The number of anilines is 1. The molecule has 0 radical (unpaired) electrons. The van der Waals surface area contributed by atoms with Gasteiger partial charge in [0.15, 0.2) is 0 Å². The molecule has 23 heavy (non-hydrogen) atoms. The number of hydrogen-bond donors (Lipinski definition) is 1. The third-order valence-electron chi connectivity index (χ3n) is 3.26. The lowest BCUT2D eigenvalue weighted by Crippen LogP contribution is -2.30. The van der Waals surface area contributed by atoms with E-state index in [1.165, 1.54) is 4.90 Å². The highest BCUT2D eigenvalue weighted by Gasteiger charge is 2.33. The van der Waals surface area contributed by atoms with Gasteiger partial charge in [-0.1, -0.05) is 0 Å². The second-order valence-electron chi connectivity index (χ2n) is 5.05. The van der Waals surface area contributed by atoms with E-state index in [0.717, 1.165) is 12.1 Å². The van der Waals surface area contributed by atoms with Gasteiger partial charge in [-0.2, -0.15) is 13.2 Å². The van der Waals surface area contributed by atoms with Crippen molar-refractivity contribution in [2.24, 2.45) is 0 Å². The number of hydrogen-bond acceptors (Lipinski definition) is 5. The van der Waals surface area contributed by atoms with Crippen molar-refractivity contribution in [3.8, 4) is 0 Å². The molecule has 2 rings (SSSR count). The number of halogens is 3. The Morgan fingerprint density at radius 1 is 1.48 bits per heavy atom. The molecule has 1 aliphatic heterocycles. The van der Waals surface area contributed by atoms with Crippen molar-refractivity contribution in [2.45, 2.75) is 19.2 Å². The second-order valence-corrected chi connectivity index (χ2v) is 5.05. The standard InChI is InChI=1S/C13H14F3N3O4/c1-8-7-18(12(20)23-8)5-4-17-10-3-2-9(13(14,15)16)6-11(10)19(21)22/h2-3,6,8,17H,4-5,7H2,1H3. The van der Waals surface area contributed by atoms with Crippen LogP contribution in [0.3, 0.4) is 0 Å². The Hall–Kier alpha value is -2.52. The quantitative estimate of drug-likeness (QED) is 0.661. The monoisotopic (exact) mass is 333 g/mol. The highest BCUT2D eigenvalue weighted by atomic mass is 19.4. The Kier molecular flexibility index (Phi) is 4.62. The van der Waals surface area contributed by atoms with Crippen LogP contribution in [0.1, 0.15) is 12.5 Å². The van der Waals surface area contributed by atoms with Gasteiger partial charge in [0.2, 0.25) is 0 Å². The van der Waals surface area contributed by atoms with Crippen LogP contribution in [-0.2, 0) is 10.9 Å².